The smallest absolute Gasteiger partial charge is 0.416 e. The lowest BCUT2D eigenvalue weighted by atomic mass is 10.2. The largest absolute Gasteiger partial charge is 0.438 e. The number of halogens is 4. The van der Waals surface area contributed by atoms with Crippen molar-refractivity contribution < 1.29 is 17.9 Å². The summed E-state index contributed by atoms with van der Waals surface area (Å²) in [6, 6.07) is 7.66. The number of aromatic nitrogens is 1. The molecule has 0 spiro atoms. The van der Waals surface area contributed by atoms with E-state index in [0.717, 1.165) is 12.1 Å². The Kier molecular flexibility index (Phi) is 3.43. The Morgan fingerprint density at radius 3 is 2.56 bits per heavy atom. The highest BCUT2D eigenvalue weighted by Crippen LogP contribution is 2.33. The number of hydrogen-bond acceptors (Lipinski definition) is 2. The summed E-state index contributed by atoms with van der Waals surface area (Å²) in [7, 11) is 0. The van der Waals surface area contributed by atoms with Crippen LogP contribution in [-0.2, 0) is 6.18 Å². The molecule has 94 valence electrons. The Bertz CT molecular complexity index is 557. The Morgan fingerprint density at radius 1 is 1.11 bits per heavy atom. The average molecular weight is 274 g/mol. The van der Waals surface area contributed by atoms with E-state index in [2.05, 4.69) is 4.98 Å². The third-order valence-corrected chi connectivity index (χ3v) is 2.39. The van der Waals surface area contributed by atoms with Gasteiger partial charge in [-0.15, -0.1) is 0 Å². The molecule has 0 amide bonds. The first kappa shape index (κ1) is 12.7. The topological polar surface area (TPSA) is 22.1 Å². The van der Waals surface area contributed by atoms with Gasteiger partial charge in [-0.05, 0) is 30.3 Å². The average Bonchev–Trinajstić information content (AvgIpc) is 2.31. The van der Waals surface area contributed by atoms with Gasteiger partial charge in [0.25, 0.3) is 0 Å². The van der Waals surface area contributed by atoms with Crippen LogP contribution in [0, 0.1) is 0 Å². The lowest BCUT2D eigenvalue weighted by Gasteiger charge is -2.09. The van der Waals surface area contributed by atoms with Crippen molar-refractivity contribution in [1.82, 2.24) is 4.98 Å². The number of rotatable bonds is 2. The molecule has 0 aliphatic carbocycles. The van der Waals surface area contributed by atoms with Crippen LogP contribution >= 0.6 is 11.6 Å². The van der Waals surface area contributed by atoms with Gasteiger partial charge >= 0.3 is 6.18 Å². The summed E-state index contributed by atoms with van der Waals surface area (Å²) in [6.07, 6.45) is -2.97. The molecule has 1 heterocycles. The maximum Gasteiger partial charge on any atom is 0.416 e. The molecular weight excluding hydrogens is 267 g/mol. The van der Waals surface area contributed by atoms with Crippen molar-refractivity contribution in [2.24, 2.45) is 0 Å². The van der Waals surface area contributed by atoms with Crippen molar-refractivity contribution in [3.63, 3.8) is 0 Å². The minimum atomic E-state index is -4.41. The monoisotopic (exact) mass is 273 g/mol. The van der Waals surface area contributed by atoms with E-state index in [1.54, 1.807) is 6.07 Å². The minimum Gasteiger partial charge on any atom is -0.438 e. The Morgan fingerprint density at radius 2 is 1.89 bits per heavy atom. The SMILES string of the molecule is FC(F)(F)c1cccc(Oc2ncccc2Cl)c1. The van der Waals surface area contributed by atoms with Crippen LogP contribution in [0.5, 0.6) is 11.6 Å². The van der Waals surface area contributed by atoms with Crippen molar-refractivity contribution in [1.29, 1.82) is 0 Å². The fourth-order valence-corrected chi connectivity index (χ4v) is 1.45. The van der Waals surface area contributed by atoms with E-state index in [0.29, 0.717) is 0 Å². The van der Waals surface area contributed by atoms with Gasteiger partial charge in [0.2, 0.25) is 5.88 Å². The summed E-state index contributed by atoms with van der Waals surface area (Å²) in [6.45, 7) is 0. The minimum absolute atomic E-state index is 0.0328. The molecule has 18 heavy (non-hydrogen) atoms. The molecule has 0 bridgehead atoms. The molecule has 0 atom stereocenters. The summed E-state index contributed by atoms with van der Waals surface area (Å²) in [5.74, 6) is 0.101. The van der Waals surface area contributed by atoms with Crippen LogP contribution in [0.1, 0.15) is 5.56 Å². The predicted molar refractivity (Wildman–Crippen MR) is 60.8 cm³/mol. The molecular formula is C12H7ClF3NO. The standard InChI is InChI=1S/C12H7ClF3NO/c13-10-5-2-6-17-11(10)18-9-4-1-3-8(7-9)12(14,15)16/h1-7H. The van der Waals surface area contributed by atoms with Crippen LogP contribution in [0.4, 0.5) is 13.2 Å². The molecule has 1 aromatic carbocycles. The van der Waals surface area contributed by atoms with Crippen LogP contribution in [0.25, 0.3) is 0 Å². The van der Waals surface area contributed by atoms with Gasteiger partial charge in [-0.2, -0.15) is 13.2 Å². The quantitative estimate of drug-likeness (QED) is 0.801. The third kappa shape index (κ3) is 2.92. The molecule has 0 N–H and O–H groups in total. The fourth-order valence-electron chi connectivity index (χ4n) is 1.29. The van der Waals surface area contributed by atoms with E-state index in [9.17, 15) is 13.2 Å². The zero-order valence-corrected chi connectivity index (χ0v) is 9.66. The summed E-state index contributed by atoms with van der Waals surface area (Å²) < 4.78 is 42.7. The number of alkyl halides is 3. The van der Waals surface area contributed by atoms with Gasteiger partial charge < -0.3 is 4.74 Å². The summed E-state index contributed by atoms with van der Waals surface area (Å²) in [5, 5.41) is 0.231. The highest BCUT2D eigenvalue weighted by atomic mass is 35.5. The van der Waals surface area contributed by atoms with Crippen molar-refractivity contribution in [2.75, 3.05) is 0 Å². The number of ether oxygens (including phenoxy) is 1. The first-order chi connectivity index (χ1) is 8.47. The lowest BCUT2D eigenvalue weighted by molar-refractivity contribution is -0.137. The summed E-state index contributed by atoms with van der Waals surface area (Å²) in [5.41, 5.74) is -0.785. The molecule has 0 radical (unpaired) electrons. The Balaban J connectivity index is 2.28. The number of benzene rings is 1. The Labute approximate surface area is 106 Å². The maximum atomic E-state index is 12.5. The van der Waals surface area contributed by atoms with Crippen LogP contribution in [-0.4, -0.2) is 4.98 Å². The first-order valence-corrected chi connectivity index (χ1v) is 5.30. The molecule has 2 aromatic rings. The van der Waals surface area contributed by atoms with Crippen LogP contribution in [0.15, 0.2) is 42.6 Å². The van der Waals surface area contributed by atoms with Gasteiger partial charge in [0.15, 0.2) is 0 Å². The summed E-state index contributed by atoms with van der Waals surface area (Å²) >= 11 is 5.79. The molecule has 0 saturated carbocycles. The molecule has 6 heteroatoms. The van der Waals surface area contributed by atoms with Gasteiger partial charge in [0.1, 0.15) is 10.8 Å². The normalized spacial score (nSPS) is 11.3. The van der Waals surface area contributed by atoms with Crippen molar-refractivity contribution in [2.45, 2.75) is 6.18 Å². The van der Waals surface area contributed by atoms with E-state index in [1.165, 1.54) is 24.4 Å². The number of hydrogen-bond donors (Lipinski definition) is 0. The molecule has 0 aliphatic heterocycles. The zero-order valence-electron chi connectivity index (χ0n) is 8.91. The summed E-state index contributed by atoms with van der Waals surface area (Å²) in [4.78, 5) is 3.83. The second kappa shape index (κ2) is 4.86. The molecule has 2 nitrogen and oxygen atoms in total. The third-order valence-electron chi connectivity index (χ3n) is 2.10. The molecule has 0 aliphatic rings. The Hall–Kier alpha value is -1.75. The molecule has 0 saturated heterocycles. The van der Waals surface area contributed by atoms with E-state index < -0.39 is 11.7 Å². The number of nitrogens with zero attached hydrogens (tertiary/aromatic N) is 1. The van der Waals surface area contributed by atoms with Crippen molar-refractivity contribution in [3.8, 4) is 11.6 Å². The van der Waals surface area contributed by atoms with Crippen LogP contribution in [0.3, 0.4) is 0 Å². The van der Waals surface area contributed by atoms with Crippen molar-refractivity contribution in [3.05, 3.63) is 53.2 Å². The number of pyridine rings is 1. The molecule has 1 aromatic heterocycles. The second-order valence-electron chi connectivity index (χ2n) is 3.42. The lowest BCUT2D eigenvalue weighted by Crippen LogP contribution is -2.04. The zero-order chi connectivity index (χ0) is 13.2. The molecule has 0 fully saturated rings. The van der Waals surface area contributed by atoms with E-state index in [4.69, 9.17) is 16.3 Å². The van der Waals surface area contributed by atoms with E-state index in [1.807, 2.05) is 0 Å². The van der Waals surface area contributed by atoms with Crippen LogP contribution < -0.4 is 4.74 Å². The predicted octanol–water partition coefficient (Wildman–Crippen LogP) is 4.55. The van der Waals surface area contributed by atoms with E-state index >= 15 is 0 Å². The highest BCUT2D eigenvalue weighted by Gasteiger charge is 2.30. The molecule has 2 rings (SSSR count). The fraction of sp³-hybridized carbons (Fsp3) is 0.0833. The van der Waals surface area contributed by atoms with Crippen molar-refractivity contribution >= 4 is 11.6 Å². The van der Waals surface area contributed by atoms with Crippen LogP contribution in [0.2, 0.25) is 5.02 Å². The first-order valence-electron chi connectivity index (χ1n) is 4.92. The van der Waals surface area contributed by atoms with E-state index in [-0.39, 0.29) is 16.7 Å². The van der Waals surface area contributed by atoms with Gasteiger partial charge in [-0.1, -0.05) is 17.7 Å². The van der Waals surface area contributed by atoms with Gasteiger partial charge in [0, 0.05) is 6.20 Å². The maximum absolute atomic E-state index is 12.5. The highest BCUT2D eigenvalue weighted by molar-refractivity contribution is 6.31. The van der Waals surface area contributed by atoms with Gasteiger partial charge in [-0.25, -0.2) is 4.98 Å². The second-order valence-corrected chi connectivity index (χ2v) is 3.83. The van der Waals surface area contributed by atoms with Gasteiger partial charge in [0.05, 0.1) is 5.56 Å². The van der Waals surface area contributed by atoms with Gasteiger partial charge in [-0.3, -0.25) is 0 Å². The molecule has 0 unspecified atom stereocenters.